The van der Waals surface area contributed by atoms with Crippen molar-refractivity contribution >= 4 is 34.3 Å². The topological polar surface area (TPSA) is 76.2 Å². The van der Waals surface area contributed by atoms with Gasteiger partial charge < -0.3 is 10.8 Å². The largest absolute Gasteiger partial charge is 0.477 e. The second-order valence-corrected chi connectivity index (χ2v) is 4.88. The molecular weight excluding hydrogens is 232 g/mol. The van der Waals surface area contributed by atoms with Crippen LogP contribution in [0.2, 0.25) is 0 Å². The number of nitrogens with zero attached hydrogens (tertiary/aromatic N) is 1. The van der Waals surface area contributed by atoms with Gasteiger partial charge in [-0.25, -0.2) is 4.79 Å². The molecule has 0 unspecified atom stereocenters. The highest BCUT2D eigenvalue weighted by atomic mass is 32.1. The summed E-state index contributed by atoms with van der Waals surface area (Å²) in [5.74, 6) is -0.976. The molecule has 0 aliphatic carbocycles. The van der Waals surface area contributed by atoms with E-state index in [1.165, 1.54) is 22.7 Å². The van der Waals surface area contributed by atoms with Crippen LogP contribution in [0, 0.1) is 6.92 Å². The Hall–Kier alpha value is -1.40. The quantitative estimate of drug-likeness (QED) is 0.845. The van der Waals surface area contributed by atoms with Gasteiger partial charge in [-0.1, -0.05) is 0 Å². The standard InChI is InChI=1S/C9H8N2O2S2/c1-4-6(10)8(9(12)13)15-7(4)5-2-11-3-14-5/h2-3H,10H2,1H3,(H,12,13). The molecule has 0 radical (unpaired) electrons. The van der Waals surface area contributed by atoms with Gasteiger partial charge in [0.1, 0.15) is 4.88 Å². The summed E-state index contributed by atoms with van der Waals surface area (Å²) >= 11 is 2.67. The van der Waals surface area contributed by atoms with Crippen molar-refractivity contribution < 1.29 is 9.90 Å². The van der Waals surface area contributed by atoms with E-state index in [0.29, 0.717) is 5.69 Å². The van der Waals surface area contributed by atoms with Gasteiger partial charge in [-0.15, -0.1) is 22.7 Å². The summed E-state index contributed by atoms with van der Waals surface area (Å²) in [6.45, 7) is 1.83. The van der Waals surface area contributed by atoms with Crippen LogP contribution in [-0.2, 0) is 0 Å². The molecule has 78 valence electrons. The number of thiazole rings is 1. The number of carboxylic acids is 1. The van der Waals surface area contributed by atoms with E-state index >= 15 is 0 Å². The maximum absolute atomic E-state index is 10.9. The van der Waals surface area contributed by atoms with E-state index in [1.54, 1.807) is 11.7 Å². The molecular formula is C9H8N2O2S2. The molecule has 0 saturated heterocycles. The van der Waals surface area contributed by atoms with Gasteiger partial charge in [0.05, 0.1) is 21.0 Å². The van der Waals surface area contributed by atoms with Crippen LogP contribution in [0.1, 0.15) is 15.2 Å². The molecule has 0 aliphatic heterocycles. The Balaban J connectivity index is 2.60. The minimum atomic E-state index is -0.976. The zero-order valence-electron chi connectivity index (χ0n) is 7.85. The van der Waals surface area contributed by atoms with Crippen molar-refractivity contribution in [2.24, 2.45) is 0 Å². The number of nitrogen functional groups attached to an aromatic ring is 1. The van der Waals surface area contributed by atoms with Crippen LogP contribution in [0.4, 0.5) is 5.69 Å². The Morgan fingerprint density at radius 2 is 2.33 bits per heavy atom. The molecule has 0 atom stereocenters. The average Bonchev–Trinajstić information content (AvgIpc) is 2.77. The van der Waals surface area contributed by atoms with Crippen molar-refractivity contribution in [3.8, 4) is 9.75 Å². The van der Waals surface area contributed by atoms with Gasteiger partial charge in [-0.2, -0.15) is 0 Å². The van der Waals surface area contributed by atoms with Gasteiger partial charge >= 0.3 is 5.97 Å². The number of carboxylic acid groups (broad SMARTS) is 1. The molecule has 3 N–H and O–H groups in total. The molecule has 0 aliphatic rings. The molecule has 0 bridgehead atoms. The molecule has 2 aromatic heterocycles. The van der Waals surface area contributed by atoms with Crippen LogP contribution in [0.3, 0.4) is 0 Å². The summed E-state index contributed by atoms with van der Waals surface area (Å²) in [6, 6.07) is 0. The molecule has 0 aromatic carbocycles. The molecule has 0 amide bonds. The summed E-state index contributed by atoms with van der Waals surface area (Å²) in [4.78, 5) is 16.9. The number of aromatic carboxylic acids is 1. The van der Waals surface area contributed by atoms with Crippen LogP contribution in [0.15, 0.2) is 11.7 Å². The summed E-state index contributed by atoms with van der Waals surface area (Å²) in [5.41, 5.74) is 8.62. The van der Waals surface area contributed by atoms with Gasteiger partial charge in [-0.3, -0.25) is 4.98 Å². The van der Waals surface area contributed by atoms with Crippen LogP contribution in [0.5, 0.6) is 0 Å². The minimum absolute atomic E-state index is 0.205. The molecule has 15 heavy (non-hydrogen) atoms. The first-order valence-corrected chi connectivity index (χ1v) is 5.82. The van der Waals surface area contributed by atoms with Crippen molar-refractivity contribution in [2.75, 3.05) is 5.73 Å². The van der Waals surface area contributed by atoms with Crippen molar-refractivity contribution in [1.29, 1.82) is 0 Å². The monoisotopic (exact) mass is 240 g/mol. The Morgan fingerprint density at radius 3 is 2.80 bits per heavy atom. The van der Waals surface area contributed by atoms with Crippen LogP contribution < -0.4 is 5.73 Å². The Kier molecular flexibility index (Phi) is 2.45. The predicted octanol–water partition coefficient (Wildman–Crippen LogP) is 2.46. The normalized spacial score (nSPS) is 10.5. The van der Waals surface area contributed by atoms with Gasteiger partial charge in [0.2, 0.25) is 0 Å². The van der Waals surface area contributed by atoms with Crippen molar-refractivity contribution in [3.63, 3.8) is 0 Å². The number of thiophene rings is 1. The average molecular weight is 240 g/mol. The second-order valence-electron chi connectivity index (χ2n) is 2.97. The Labute approximate surface area is 94.0 Å². The lowest BCUT2D eigenvalue weighted by Crippen LogP contribution is -1.97. The number of nitrogens with two attached hydrogens (primary N) is 1. The van der Waals surface area contributed by atoms with Crippen LogP contribution in [-0.4, -0.2) is 16.1 Å². The Morgan fingerprint density at radius 1 is 1.60 bits per heavy atom. The lowest BCUT2D eigenvalue weighted by molar-refractivity contribution is 0.0703. The van der Waals surface area contributed by atoms with E-state index in [4.69, 9.17) is 10.8 Å². The predicted molar refractivity (Wildman–Crippen MR) is 61.5 cm³/mol. The molecule has 2 rings (SSSR count). The molecule has 4 nitrogen and oxygen atoms in total. The van der Waals surface area contributed by atoms with E-state index in [-0.39, 0.29) is 4.88 Å². The van der Waals surface area contributed by atoms with Gasteiger partial charge in [0, 0.05) is 6.20 Å². The highest BCUT2D eigenvalue weighted by Gasteiger charge is 2.19. The first-order chi connectivity index (χ1) is 7.11. The lowest BCUT2D eigenvalue weighted by Gasteiger charge is -1.93. The second kappa shape index (κ2) is 3.63. The zero-order chi connectivity index (χ0) is 11.0. The minimum Gasteiger partial charge on any atom is -0.477 e. The molecule has 2 heterocycles. The number of hydrogen-bond donors (Lipinski definition) is 2. The molecule has 0 saturated carbocycles. The first kappa shape index (κ1) is 10.1. The fourth-order valence-corrected chi connectivity index (χ4v) is 3.11. The third-order valence-corrected chi connectivity index (χ3v) is 4.29. The van der Waals surface area contributed by atoms with Crippen molar-refractivity contribution in [1.82, 2.24) is 4.98 Å². The van der Waals surface area contributed by atoms with E-state index in [0.717, 1.165) is 15.3 Å². The maximum Gasteiger partial charge on any atom is 0.348 e. The molecule has 0 fully saturated rings. The number of hydrogen-bond acceptors (Lipinski definition) is 5. The smallest absolute Gasteiger partial charge is 0.348 e. The zero-order valence-corrected chi connectivity index (χ0v) is 9.48. The third kappa shape index (κ3) is 1.62. The highest BCUT2D eigenvalue weighted by Crippen LogP contribution is 2.39. The van der Waals surface area contributed by atoms with Crippen LogP contribution in [0.25, 0.3) is 9.75 Å². The Bertz CT molecular complexity index is 502. The fraction of sp³-hybridized carbons (Fsp3) is 0.111. The van der Waals surface area contributed by atoms with Crippen LogP contribution >= 0.6 is 22.7 Å². The van der Waals surface area contributed by atoms with E-state index < -0.39 is 5.97 Å². The first-order valence-electron chi connectivity index (χ1n) is 4.12. The third-order valence-electron chi connectivity index (χ3n) is 2.04. The van der Waals surface area contributed by atoms with Crippen molar-refractivity contribution in [2.45, 2.75) is 6.92 Å². The molecule has 6 heteroatoms. The summed E-state index contributed by atoms with van der Waals surface area (Å²) in [7, 11) is 0. The maximum atomic E-state index is 10.9. The summed E-state index contributed by atoms with van der Waals surface area (Å²) < 4.78 is 0. The molecule has 2 aromatic rings. The summed E-state index contributed by atoms with van der Waals surface area (Å²) in [5, 5.41) is 8.92. The number of anilines is 1. The van der Waals surface area contributed by atoms with E-state index in [9.17, 15) is 4.79 Å². The summed E-state index contributed by atoms with van der Waals surface area (Å²) in [6.07, 6.45) is 1.72. The number of carbonyl (C=O) groups is 1. The van der Waals surface area contributed by atoms with Gasteiger partial charge in [0.25, 0.3) is 0 Å². The van der Waals surface area contributed by atoms with Gasteiger partial charge in [-0.05, 0) is 12.5 Å². The van der Waals surface area contributed by atoms with E-state index in [2.05, 4.69) is 4.98 Å². The molecule has 0 spiro atoms. The van der Waals surface area contributed by atoms with Crippen molar-refractivity contribution in [3.05, 3.63) is 22.1 Å². The highest BCUT2D eigenvalue weighted by molar-refractivity contribution is 7.22. The van der Waals surface area contributed by atoms with E-state index in [1.807, 2.05) is 6.92 Å². The SMILES string of the molecule is Cc1c(-c2cncs2)sc(C(=O)O)c1N. The number of rotatable bonds is 2. The van der Waals surface area contributed by atoms with Gasteiger partial charge in [0.15, 0.2) is 0 Å². The fourth-order valence-electron chi connectivity index (χ4n) is 1.25. The number of aromatic nitrogens is 1. The lowest BCUT2D eigenvalue weighted by atomic mass is 10.2.